The Kier molecular flexibility index (Phi) is 4.84. The highest BCUT2D eigenvalue weighted by atomic mass is 19.2. The number of carbonyl (C=O) groups excluding carboxylic acids is 1. The fraction of sp³-hybridized carbons (Fsp3) is 0.350. The molecule has 2 fully saturated rings. The molecule has 0 radical (unpaired) electrons. The molecule has 2 heterocycles. The van der Waals surface area contributed by atoms with E-state index in [1.54, 1.807) is 12.1 Å². The smallest absolute Gasteiger partial charge is 0.282 e. The van der Waals surface area contributed by atoms with Crippen molar-refractivity contribution in [3.05, 3.63) is 59.4 Å². The second kappa shape index (κ2) is 7.18. The lowest BCUT2D eigenvalue weighted by atomic mass is 9.85. The molecule has 4 nitrogen and oxygen atoms in total. The van der Waals surface area contributed by atoms with Crippen molar-refractivity contribution in [3.63, 3.8) is 0 Å². The van der Waals surface area contributed by atoms with E-state index in [1.165, 1.54) is 6.07 Å². The summed E-state index contributed by atoms with van der Waals surface area (Å²) >= 11 is 0. The fourth-order valence-electron chi connectivity index (χ4n) is 3.95. The minimum atomic E-state index is -2.00. The summed E-state index contributed by atoms with van der Waals surface area (Å²) < 4.78 is 60.5. The average molecular weight is 394 g/mol. The molecule has 0 bridgehead atoms. The van der Waals surface area contributed by atoms with E-state index in [1.807, 2.05) is 0 Å². The van der Waals surface area contributed by atoms with Gasteiger partial charge in [-0.05, 0) is 42.6 Å². The predicted molar refractivity (Wildman–Crippen MR) is 93.6 cm³/mol. The van der Waals surface area contributed by atoms with Gasteiger partial charge in [0.25, 0.3) is 12.3 Å². The van der Waals surface area contributed by atoms with E-state index in [0.29, 0.717) is 18.5 Å². The van der Waals surface area contributed by atoms with Crippen molar-refractivity contribution in [3.8, 4) is 11.1 Å². The molecule has 0 aliphatic carbocycles. The maximum atomic E-state index is 15.1. The Morgan fingerprint density at radius 1 is 1.14 bits per heavy atom. The highest BCUT2D eigenvalue weighted by Gasteiger charge is 2.49. The molecule has 1 amide bonds. The van der Waals surface area contributed by atoms with Crippen LogP contribution in [0, 0.1) is 17.5 Å². The quantitative estimate of drug-likeness (QED) is 0.788. The predicted octanol–water partition coefficient (Wildman–Crippen LogP) is 2.86. The Hall–Kier alpha value is -2.45. The summed E-state index contributed by atoms with van der Waals surface area (Å²) in [5.74, 6) is -3.02. The number of hydrogen-bond acceptors (Lipinski definition) is 3. The van der Waals surface area contributed by atoms with Gasteiger partial charge in [0.2, 0.25) is 0 Å². The van der Waals surface area contributed by atoms with Crippen LogP contribution in [0.3, 0.4) is 0 Å². The van der Waals surface area contributed by atoms with Gasteiger partial charge in [-0.3, -0.25) is 4.79 Å². The first-order valence-corrected chi connectivity index (χ1v) is 8.93. The van der Waals surface area contributed by atoms with Crippen LogP contribution in [-0.4, -0.2) is 37.0 Å². The zero-order chi connectivity index (χ0) is 19.9. The minimum absolute atomic E-state index is 0.0199. The number of benzene rings is 2. The normalized spacial score (nSPS) is 27.2. The third-order valence-electron chi connectivity index (χ3n) is 5.37. The van der Waals surface area contributed by atoms with Gasteiger partial charge in [-0.15, -0.1) is 0 Å². The first kappa shape index (κ1) is 18.9. The molecule has 2 aliphatic rings. The van der Waals surface area contributed by atoms with Crippen LogP contribution < -0.4 is 10.6 Å². The summed E-state index contributed by atoms with van der Waals surface area (Å²) in [5, 5.41) is 5.87. The molecule has 1 unspecified atom stereocenters. The summed E-state index contributed by atoms with van der Waals surface area (Å²) in [7, 11) is 0. The van der Waals surface area contributed by atoms with Gasteiger partial charge in [-0.25, -0.2) is 17.6 Å². The van der Waals surface area contributed by atoms with Gasteiger partial charge in [0.1, 0.15) is 17.5 Å². The van der Waals surface area contributed by atoms with Crippen molar-refractivity contribution in [1.29, 1.82) is 0 Å². The van der Waals surface area contributed by atoms with Crippen molar-refractivity contribution in [2.45, 2.75) is 30.8 Å². The molecular weight excluding hydrogens is 376 g/mol. The average Bonchev–Trinajstić information content (AvgIpc) is 3.01. The Balaban J connectivity index is 1.63. The van der Waals surface area contributed by atoms with Crippen molar-refractivity contribution in [2.75, 3.05) is 13.2 Å². The SMILES string of the molecule is O=C1N[C@]2(CCN[C@H]2Cc2cccc(-c3cc(F)cc(F)c3)c2F)COC1F. The third kappa shape index (κ3) is 3.38. The van der Waals surface area contributed by atoms with Crippen LogP contribution in [0.15, 0.2) is 36.4 Å². The standard InChI is InChI=1S/C20H18F4N2O2/c21-13-6-12(7-14(22)9-13)15-3-1-2-11(17(15)23)8-16-20(4-5-25-16)10-28-18(24)19(27)26-20/h1-3,6-7,9,16,18,25H,4-5,8,10H2,(H,26,27)/t16-,18?,20+/m0/s1. The van der Waals surface area contributed by atoms with Crippen LogP contribution >= 0.6 is 0 Å². The molecule has 28 heavy (non-hydrogen) atoms. The molecule has 2 aromatic carbocycles. The summed E-state index contributed by atoms with van der Waals surface area (Å²) in [4.78, 5) is 11.7. The first-order valence-electron chi connectivity index (χ1n) is 8.93. The van der Waals surface area contributed by atoms with Gasteiger partial charge in [0, 0.05) is 17.7 Å². The summed E-state index contributed by atoms with van der Waals surface area (Å²) in [6, 6.07) is 7.11. The topological polar surface area (TPSA) is 50.4 Å². The molecule has 1 spiro atoms. The van der Waals surface area contributed by atoms with Gasteiger partial charge in [-0.2, -0.15) is 0 Å². The first-order chi connectivity index (χ1) is 13.4. The number of carbonyl (C=O) groups is 1. The third-order valence-corrected chi connectivity index (χ3v) is 5.37. The van der Waals surface area contributed by atoms with Crippen LogP contribution in [0.25, 0.3) is 11.1 Å². The lowest BCUT2D eigenvalue weighted by molar-refractivity contribution is -0.162. The fourth-order valence-corrected chi connectivity index (χ4v) is 3.95. The Bertz CT molecular complexity index is 903. The van der Waals surface area contributed by atoms with Crippen molar-refractivity contribution >= 4 is 5.91 Å². The monoisotopic (exact) mass is 394 g/mol. The van der Waals surface area contributed by atoms with Crippen LogP contribution in [0.1, 0.15) is 12.0 Å². The van der Waals surface area contributed by atoms with E-state index >= 15 is 4.39 Å². The summed E-state index contributed by atoms with van der Waals surface area (Å²) in [5.41, 5.74) is -0.332. The largest absolute Gasteiger partial charge is 0.342 e. The highest BCUT2D eigenvalue weighted by Crippen LogP contribution is 2.32. The van der Waals surface area contributed by atoms with Crippen LogP contribution in [0.2, 0.25) is 0 Å². The highest BCUT2D eigenvalue weighted by molar-refractivity contribution is 5.81. The molecule has 4 rings (SSSR count). The minimum Gasteiger partial charge on any atom is -0.342 e. The molecule has 148 valence electrons. The lowest BCUT2D eigenvalue weighted by Crippen LogP contribution is -2.65. The molecule has 0 aromatic heterocycles. The second-order valence-corrected chi connectivity index (χ2v) is 7.17. The van der Waals surface area contributed by atoms with E-state index in [4.69, 9.17) is 4.74 Å². The molecule has 0 saturated carbocycles. The number of amides is 1. The Labute approximate surface area is 158 Å². The molecule has 2 aliphatic heterocycles. The molecule has 8 heteroatoms. The van der Waals surface area contributed by atoms with Crippen molar-refractivity contribution in [2.24, 2.45) is 0 Å². The molecule has 2 N–H and O–H groups in total. The van der Waals surface area contributed by atoms with Crippen LogP contribution in [0.4, 0.5) is 17.6 Å². The number of halogens is 4. The van der Waals surface area contributed by atoms with E-state index in [9.17, 15) is 18.0 Å². The van der Waals surface area contributed by atoms with E-state index in [2.05, 4.69) is 10.6 Å². The van der Waals surface area contributed by atoms with Crippen LogP contribution in [0.5, 0.6) is 0 Å². The Morgan fingerprint density at radius 2 is 1.89 bits per heavy atom. The maximum Gasteiger partial charge on any atom is 0.282 e. The number of morpholine rings is 1. The summed E-state index contributed by atoms with van der Waals surface area (Å²) in [6.07, 6.45) is -1.29. The van der Waals surface area contributed by atoms with Crippen molar-refractivity contribution < 1.29 is 27.1 Å². The van der Waals surface area contributed by atoms with Gasteiger partial charge in [0.05, 0.1) is 12.1 Å². The number of alkyl halides is 1. The van der Waals surface area contributed by atoms with Gasteiger partial charge in [0.15, 0.2) is 0 Å². The van der Waals surface area contributed by atoms with Crippen LogP contribution in [-0.2, 0) is 16.0 Å². The second-order valence-electron chi connectivity index (χ2n) is 7.17. The van der Waals surface area contributed by atoms with E-state index in [0.717, 1.165) is 18.2 Å². The van der Waals surface area contributed by atoms with Gasteiger partial charge >= 0.3 is 0 Å². The van der Waals surface area contributed by atoms with Gasteiger partial charge in [-0.1, -0.05) is 18.2 Å². The van der Waals surface area contributed by atoms with Gasteiger partial charge < -0.3 is 15.4 Å². The molecule has 2 saturated heterocycles. The van der Waals surface area contributed by atoms with E-state index in [-0.39, 0.29) is 30.2 Å². The number of nitrogens with one attached hydrogen (secondary N) is 2. The number of ether oxygens (including phenoxy) is 1. The summed E-state index contributed by atoms with van der Waals surface area (Å²) in [6.45, 7) is 0.537. The molecular formula is C20H18F4N2O2. The number of rotatable bonds is 3. The number of hydrogen-bond donors (Lipinski definition) is 2. The lowest BCUT2D eigenvalue weighted by Gasteiger charge is -2.39. The van der Waals surface area contributed by atoms with Crippen molar-refractivity contribution in [1.82, 2.24) is 10.6 Å². The zero-order valence-electron chi connectivity index (χ0n) is 14.8. The maximum absolute atomic E-state index is 15.1. The Morgan fingerprint density at radius 3 is 2.61 bits per heavy atom. The zero-order valence-corrected chi connectivity index (χ0v) is 14.8. The van der Waals surface area contributed by atoms with E-state index < -0.39 is 35.3 Å². The molecule has 3 atom stereocenters. The molecule has 2 aromatic rings.